The summed E-state index contributed by atoms with van der Waals surface area (Å²) in [6.45, 7) is 1.95. The molecule has 0 aliphatic carbocycles. The second kappa shape index (κ2) is 6.21. The second-order valence-corrected chi connectivity index (χ2v) is 6.40. The summed E-state index contributed by atoms with van der Waals surface area (Å²) in [6, 6.07) is 4.06. The number of carboxylic acid groups (broad SMARTS) is 1. The predicted octanol–water partition coefficient (Wildman–Crippen LogP) is 1.33. The quantitative estimate of drug-likeness (QED) is 0.772. The zero-order valence-electron chi connectivity index (χ0n) is 10.1. The number of aryl methyl sites for hydroxylation is 1. The minimum atomic E-state index is -3.65. The van der Waals surface area contributed by atoms with Crippen molar-refractivity contribution in [3.63, 3.8) is 0 Å². The van der Waals surface area contributed by atoms with E-state index < -0.39 is 16.0 Å². The van der Waals surface area contributed by atoms with Gasteiger partial charge in [-0.05, 0) is 30.9 Å². The van der Waals surface area contributed by atoms with E-state index in [1.807, 2.05) is 6.26 Å². The topological polar surface area (TPSA) is 83.5 Å². The summed E-state index contributed by atoms with van der Waals surface area (Å²) in [5.41, 5.74) is 0.488. The average Bonchev–Trinajstić information content (AvgIpc) is 2.29. The molecule has 1 rings (SSSR count). The monoisotopic (exact) mass is 289 g/mol. The van der Waals surface area contributed by atoms with Crippen molar-refractivity contribution in [1.29, 1.82) is 0 Å². The Kier molecular flexibility index (Phi) is 5.18. The summed E-state index contributed by atoms with van der Waals surface area (Å²) in [6.07, 6.45) is 1.88. The van der Waals surface area contributed by atoms with E-state index in [1.54, 1.807) is 6.92 Å². The number of rotatable bonds is 6. The van der Waals surface area contributed by atoms with Gasteiger partial charge in [0, 0.05) is 12.3 Å². The van der Waals surface area contributed by atoms with E-state index in [-0.39, 0.29) is 10.5 Å². The molecule has 1 aromatic rings. The van der Waals surface area contributed by atoms with Crippen LogP contribution in [0, 0.1) is 6.92 Å². The van der Waals surface area contributed by atoms with Crippen molar-refractivity contribution in [2.45, 2.75) is 11.8 Å². The highest BCUT2D eigenvalue weighted by molar-refractivity contribution is 7.98. The van der Waals surface area contributed by atoms with Crippen LogP contribution in [0.3, 0.4) is 0 Å². The first-order valence-electron chi connectivity index (χ1n) is 5.21. The Morgan fingerprint density at radius 2 is 2.11 bits per heavy atom. The molecule has 0 saturated carbocycles. The third-order valence-corrected chi connectivity index (χ3v) is 4.54. The van der Waals surface area contributed by atoms with Crippen LogP contribution in [0.1, 0.15) is 15.9 Å². The molecule has 0 aliphatic rings. The molecule has 0 aliphatic heterocycles. The highest BCUT2D eigenvalue weighted by Crippen LogP contribution is 2.17. The Labute approximate surface area is 111 Å². The van der Waals surface area contributed by atoms with E-state index in [4.69, 9.17) is 5.11 Å². The van der Waals surface area contributed by atoms with Crippen molar-refractivity contribution in [2.75, 3.05) is 18.6 Å². The molecule has 100 valence electrons. The molecule has 0 aromatic heterocycles. The van der Waals surface area contributed by atoms with Crippen LogP contribution in [-0.2, 0) is 10.0 Å². The summed E-state index contributed by atoms with van der Waals surface area (Å²) in [7, 11) is -3.65. The molecule has 2 N–H and O–H groups in total. The molecule has 1 aromatic carbocycles. The smallest absolute Gasteiger partial charge is 0.335 e. The van der Waals surface area contributed by atoms with Crippen molar-refractivity contribution in [3.05, 3.63) is 29.3 Å². The molecule has 5 nitrogen and oxygen atoms in total. The summed E-state index contributed by atoms with van der Waals surface area (Å²) in [4.78, 5) is 10.9. The number of benzene rings is 1. The zero-order chi connectivity index (χ0) is 13.8. The molecule has 0 radical (unpaired) electrons. The van der Waals surface area contributed by atoms with Crippen LogP contribution in [0.25, 0.3) is 0 Å². The molecule has 0 fully saturated rings. The van der Waals surface area contributed by atoms with Crippen molar-refractivity contribution in [1.82, 2.24) is 4.72 Å². The molecule has 0 atom stereocenters. The normalized spacial score (nSPS) is 11.4. The highest BCUT2D eigenvalue weighted by Gasteiger charge is 2.18. The maximum absolute atomic E-state index is 12.0. The molecule has 0 amide bonds. The van der Waals surface area contributed by atoms with Crippen molar-refractivity contribution in [2.24, 2.45) is 0 Å². The Balaban J connectivity index is 3.07. The first-order chi connectivity index (χ1) is 8.38. The fraction of sp³-hybridized carbons (Fsp3) is 0.364. The Bertz CT molecular complexity index is 540. The number of carbonyl (C=O) groups is 1. The van der Waals surface area contributed by atoms with Gasteiger partial charge in [0.25, 0.3) is 0 Å². The number of thioether (sulfide) groups is 1. The lowest BCUT2D eigenvalue weighted by atomic mass is 10.1. The third kappa shape index (κ3) is 3.72. The first kappa shape index (κ1) is 15.0. The van der Waals surface area contributed by atoms with E-state index in [9.17, 15) is 13.2 Å². The highest BCUT2D eigenvalue weighted by atomic mass is 32.2. The zero-order valence-corrected chi connectivity index (χ0v) is 11.8. The number of aromatic carboxylic acids is 1. The number of carboxylic acids is 1. The lowest BCUT2D eigenvalue weighted by Gasteiger charge is -2.09. The molecule has 0 saturated heterocycles. The van der Waals surface area contributed by atoms with E-state index >= 15 is 0 Å². The van der Waals surface area contributed by atoms with Gasteiger partial charge in [0.05, 0.1) is 10.5 Å². The fourth-order valence-corrected chi connectivity index (χ4v) is 3.11. The van der Waals surface area contributed by atoms with Gasteiger partial charge in [-0.1, -0.05) is 6.07 Å². The molecule has 18 heavy (non-hydrogen) atoms. The van der Waals surface area contributed by atoms with Gasteiger partial charge in [0.15, 0.2) is 0 Å². The first-order valence-corrected chi connectivity index (χ1v) is 8.08. The predicted molar refractivity (Wildman–Crippen MR) is 71.7 cm³/mol. The minimum absolute atomic E-state index is 0.0171. The van der Waals surface area contributed by atoms with Gasteiger partial charge in [-0.3, -0.25) is 0 Å². The maximum atomic E-state index is 12.0. The number of nitrogens with one attached hydrogen (secondary N) is 1. The van der Waals surface area contributed by atoms with Crippen LogP contribution in [-0.4, -0.2) is 38.0 Å². The Morgan fingerprint density at radius 3 is 2.67 bits per heavy atom. The van der Waals surface area contributed by atoms with Crippen molar-refractivity contribution in [3.8, 4) is 0 Å². The van der Waals surface area contributed by atoms with Gasteiger partial charge in [-0.25, -0.2) is 17.9 Å². The summed E-state index contributed by atoms with van der Waals surface area (Å²) in [5.74, 6) is -0.479. The Morgan fingerprint density at radius 1 is 1.44 bits per heavy atom. The largest absolute Gasteiger partial charge is 0.478 e. The van der Waals surface area contributed by atoms with Gasteiger partial charge < -0.3 is 5.11 Å². The SMILES string of the molecule is CSCCNS(=O)(=O)c1cc(C(=O)O)ccc1C. The van der Waals surface area contributed by atoms with Crippen LogP contribution in [0.2, 0.25) is 0 Å². The third-order valence-electron chi connectivity index (χ3n) is 2.32. The standard InChI is InChI=1S/C11H15NO4S2/c1-8-3-4-9(11(13)14)7-10(8)18(15,16)12-5-6-17-2/h3-4,7,12H,5-6H2,1-2H3,(H,13,14). The maximum Gasteiger partial charge on any atom is 0.335 e. The Hall–Kier alpha value is -1.05. The lowest BCUT2D eigenvalue weighted by molar-refractivity contribution is 0.0696. The average molecular weight is 289 g/mol. The van der Waals surface area contributed by atoms with E-state index in [0.717, 1.165) is 0 Å². The fourth-order valence-electron chi connectivity index (χ4n) is 1.38. The molecule has 0 spiro atoms. The molecule has 0 unspecified atom stereocenters. The minimum Gasteiger partial charge on any atom is -0.478 e. The molecule has 0 bridgehead atoms. The second-order valence-electron chi connectivity index (χ2n) is 3.68. The van der Waals surface area contributed by atoms with Crippen molar-refractivity contribution >= 4 is 27.8 Å². The molecule has 0 heterocycles. The van der Waals surface area contributed by atoms with Gasteiger partial charge in [-0.2, -0.15) is 11.8 Å². The van der Waals surface area contributed by atoms with Crippen LogP contribution < -0.4 is 4.72 Å². The van der Waals surface area contributed by atoms with Gasteiger partial charge >= 0.3 is 5.97 Å². The van der Waals surface area contributed by atoms with E-state index in [0.29, 0.717) is 17.9 Å². The van der Waals surface area contributed by atoms with Gasteiger partial charge in [0.2, 0.25) is 10.0 Å². The summed E-state index contributed by atoms with van der Waals surface area (Å²) < 4.78 is 26.4. The van der Waals surface area contributed by atoms with Crippen LogP contribution in [0.5, 0.6) is 0 Å². The summed E-state index contributed by atoms with van der Waals surface area (Å²) >= 11 is 1.53. The molecular weight excluding hydrogens is 274 g/mol. The molecule has 7 heteroatoms. The van der Waals surface area contributed by atoms with Crippen molar-refractivity contribution < 1.29 is 18.3 Å². The number of sulfonamides is 1. The van der Waals surface area contributed by atoms with Crippen LogP contribution >= 0.6 is 11.8 Å². The lowest BCUT2D eigenvalue weighted by Crippen LogP contribution is -2.26. The molecular formula is C11H15NO4S2. The number of hydrogen-bond donors (Lipinski definition) is 2. The van der Waals surface area contributed by atoms with Gasteiger partial charge in [-0.15, -0.1) is 0 Å². The van der Waals surface area contributed by atoms with E-state index in [1.165, 1.54) is 30.0 Å². The number of hydrogen-bond acceptors (Lipinski definition) is 4. The van der Waals surface area contributed by atoms with Gasteiger partial charge in [0.1, 0.15) is 0 Å². The van der Waals surface area contributed by atoms with Crippen LogP contribution in [0.15, 0.2) is 23.1 Å². The van der Waals surface area contributed by atoms with E-state index in [2.05, 4.69) is 4.72 Å². The summed E-state index contributed by atoms with van der Waals surface area (Å²) in [5, 5.41) is 8.86. The van der Waals surface area contributed by atoms with Crippen LogP contribution in [0.4, 0.5) is 0 Å².